The van der Waals surface area contributed by atoms with Crippen LogP contribution in [0.5, 0.6) is 5.88 Å². The number of rotatable bonds is 4. The van der Waals surface area contributed by atoms with Crippen LogP contribution in [0, 0.1) is 11.3 Å². The fraction of sp³-hybridized carbons (Fsp3) is 0.300. The van der Waals surface area contributed by atoms with E-state index in [4.69, 9.17) is 10.00 Å². The molecular weight excluding hydrogens is 360 g/mol. The third-order valence-electron chi connectivity index (χ3n) is 4.71. The van der Waals surface area contributed by atoms with Gasteiger partial charge in [-0.3, -0.25) is 4.79 Å². The third-order valence-corrected chi connectivity index (χ3v) is 5.82. The molecule has 0 atom stereocenters. The Balaban J connectivity index is 1.33. The highest BCUT2D eigenvalue weighted by Gasteiger charge is 2.25. The van der Waals surface area contributed by atoms with Crippen molar-refractivity contribution in [3.63, 3.8) is 0 Å². The van der Waals surface area contributed by atoms with Crippen LogP contribution in [0.3, 0.4) is 0 Å². The van der Waals surface area contributed by atoms with Crippen LogP contribution in [0.15, 0.2) is 42.7 Å². The fourth-order valence-corrected chi connectivity index (χ4v) is 4.29. The molecule has 0 aliphatic heterocycles. The van der Waals surface area contributed by atoms with Crippen LogP contribution in [-0.4, -0.2) is 28.0 Å². The minimum Gasteiger partial charge on any atom is -0.472 e. The number of hydrogen-bond acceptors (Lipinski definition) is 6. The molecule has 7 heteroatoms. The Morgan fingerprint density at radius 1 is 1.19 bits per heavy atom. The predicted molar refractivity (Wildman–Crippen MR) is 103 cm³/mol. The fourth-order valence-electron chi connectivity index (χ4n) is 3.32. The van der Waals surface area contributed by atoms with Gasteiger partial charge in [-0.15, -0.1) is 11.3 Å². The van der Waals surface area contributed by atoms with E-state index in [2.05, 4.69) is 15.3 Å². The maximum atomic E-state index is 12.6. The summed E-state index contributed by atoms with van der Waals surface area (Å²) in [6.07, 6.45) is 6.27. The van der Waals surface area contributed by atoms with E-state index in [1.165, 1.54) is 23.7 Å². The average Bonchev–Trinajstić information content (AvgIpc) is 3.14. The van der Waals surface area contributed by atoms with Gasteiger partial charge in [-0.1, -0.05) is 18.2 Å². The molecule has 1 saturated carbocycles. The summed E-state index contributed by atoms with van der Waals surface area (Å²) in [5.74, 6) is 0.277. The van der Waals surface area contributed by atoms with Crippen molar-refractivity contribution < 1.29 is 9.53 Å². The number of nitriles is 1. The van der Waals surface area contributed by atoms with Gasteiger partial charge in [-0.2, -0.15) is 5.26 Å². The van der Waals surface area contributed by atoms with Gasteiger partial charge in [0.2, 0.25) is 5.69 Å². The van der Waals surface area contributed by atoms with Crippen LogP contribution in [-0.2, 0) is 0 Å². The molecule has 1 aliphatic rings. The Morgan fingerprint density at radius 2 is 1.96 bits per heavy atom. The highest BCUT2D eigenvalue weighted by atomic mass is 32.1. The topological polar surface area (TPSA) is 87.9 Å². The molecule has 0 unspecified atom stereocenters. The van der Waals surface area contributed by atoms with Crippen molar-refractivity contribution in [2.45, 2.75) is 37.8 Å². The molecule has 0 spiro atoms. The van der Waals surface area contributed by atoms with Crippen LogP contribution in [0.4, 0.5) is 0 Å². The Hall–Kier alpha value is -2.98. The second-order valence-electron chi connectivity index (χ2n) is 6.54. The van der Waals surface area contributed by atoms with Crippen molar-refractivity contribution in [2.75, 3.05) is 0 Å². The zero-order valence-corrected chi connectivity index (χ0v) is 15.4. The molecule has 4 rings (SSSR count). The third kappa shape index (κ3) is 3.91. The van der Waals surface area contributed by atoms with Crippen LogP contribution in [0.25, 0.3) is 10.1 Å². The number of aromatic nitrogens is 2. The van der Waals surface area contributed by atoms with Crippen molar-refractivity contribution >= 4 is 27.3 Å². The molecule has 27 heavy (non-hydrogen) atoms. The lowest BCUT2D eigenvalue weighted by molar-refractivity contribution is 0.0893. The van der Waals surface area contributed by atoms with E-state index in [0.29, 0.717) is 0 Å². The molecule has 1 amide bonds. The second kappa shape index (κ2) is 7.72. The SMILES string of the molecule is N#Cc1nccnc1OC1CCC(NC(=O)c2cc3ccccc3s2)CC1. The minimum absolute atomic E-state index is 0.00808. The predicted octanol–water partition coefficient (Wildman–Crippen LogP) is 3.68. The number of carbonyl (C=O) groups excluding carboxylic acids is 1. The number of nitrogens with zero attached hydrogens (tertiary/aromatic N) is 3. The number of thiophene rings is 1. The van der Waals surface area contributed by atoms with Gasteiger partial charge in [0, 0.05) is 23.1 Å². The first-order valence-electron chi connectivity index (χ1n) is 8.90. The molecule has 6 nitrogen and oxygen atoms in total. The number of amides is 1. The first-order chi connectivity index (χ1) is 13.2. The quantitative estimate of drug-likeness (QED) is 0.748. The maximum Gasteiger partial charge on any atom is 0.261 e. The number of carbonyl (C=O) groups is 1. The molecule has 0 saturated heterocycles. The molecule has 1 N–H and O–H groups in total. The largest absolute Gasteiger partial charge is 0.472 e. The van der Waals surface area contributed by atoms with Crippen LogP contribution in [0.1, 0.15) is 41.0 Å². The van der Waals surface area contributed by atoms with Crippen molar-refractivity contribution in [2.24, 2.45) is 0 Å². The van der Waals surface area contributed by atoms with E-state index in [0.717, 1.165) is 40.6 Å². The van der Waals surface area contributed by atoms with Gasteiger partial charge in [0.1, 0.15) is 12.2 Å². The summed E-state index contributed by atoms with van der Waals surface area (Å²) in [4.78, 5) is 21.4. The first kappa shape index (κ1) is 17.4. The zero-order valence-electron chi connectivity index (χ0n) is 14.6. The van der Waals surface area contributed by atoms with Crippen LogP contribution >= 0.6 is 11.3 Å². The standard InChI is InChI=1S/C20H18N4O2S/c21-12-16-20(23-10-9-22-16)26-15-7-5-14(6-8-15)24-19(25)18-11-13-3-1-2-4-17(13)27-18/h1-4,9-11,14-15H,5-8H2,(H,24,25). The number of fused-ring (bicyclic) bond motifs is 1. The Morgan fingerprint density at radius 3 is 2.74 bits per heavy atom. The summed E-state index contributed by atoms with van der Waals surface area (Å²) >= 11 is 1.52. The number of nitrogens with one attached hydrogen (secondary N) is 1. The molecule has 136 valence electrons. The summed E-state index contributed by atoms with van der Waals surface area (Å²) < 4.78 is 6.97. The highest BCUT2D eigenvalue weighted by molar-refractivity contribution is 7.20. The van der Waals surface area contributed by atoms with Gasteiger partial charge in [-0.25, -0.2) is 9.97 Å². The van der Waals surface area contributed by atoms with Crippen molar-refractivity contribution in [3.05, 3.63) is 53.3 Å². The van der Waals surface area contributed by atoms with E-state index in [9.17, 15) is 4.79 Å². The summed E-state index contributed by atoms with van der Waals surface area (Å²) in [7, 11) is 0. The van der Waals surface area contributed by atoms with Gasteiger partial charge in [0.25, 0.3) is 11.8 Å². The molecule has 1 fully saturated rings. The normalized spacial score (nSPS) is 19.4. The van der Waals surface area contributed by atoms with Crippen molar-refractivity contribution in [1.29, 1.82) is 5.26 Å². The van der Waals surface area contributed by atoms with E-state index >= 15 is 0 Å². The van der Waals surface area contributed by atoms with E-state index in [1.54, 1.807) is 0 Å². The Labute approximate surface area is 160 Å². The van der Waals surface area contributed by atoms with Gasteiger partial charge >= 0.3 is 0 Å². The minimum atomic E-state index is -0.0127. The van der Waals surface area contributed by atoms with Crippen molar-refractivity contribution in [3.8, 4) is 11.9 Å². The smallest absolute Gasteiger partial charge is 0.261 e. The Bertz CT molecular complexity index is 969. The molecule has 0 bridgehead atoms. The second-order valence-corrected chi connectivity index (χ2v) is 7.62. The highest BCUT2D eigenvalue weighted by Crippen LogP contribution is 2.27. The van der Waals surface area contributed by atoms with Crippen LogP contribution < -0.4 is 10.1 Å². The van der Waals surface area contributed by atoms with Gasteiger partial charge in [-0.05, 0) is 43.2 Å². The van der Waals surface area contributed by atoms with E-state index in [-0.39, 0.29) is 29.6 Å². The van der Waals surface area contributed by atoms with Crippen molar-refractivity contribution in [1.82, 2.24) is 15.3 Å². The summed E-state index contributed by atoms with van der Waals surface area (Å²) in [5.41, 5.74) is 0.206. The van der Waals surface area contributed by atoms with Crippen LogP contribution in [0.2, 0.25) is 0 Å². The van der Waals surface area contributed by atoms with Gasteiger partial charge < -0.3 is 10.1 Å². The molecule has 2 heterocycles. The molecule has 1 aliphatic carbocycles. The maximum absolute atomic E-state index is 12.6. The van der Waals surface area contributed by atoms with Gasteiger partial charge in [0.05, 0.1) is 4.88 Å². The molecule has 2 aromatic heterocycles. The monoisotopic (exact) mass is 378 g/mol. The van der Waals surface area contributed by atoms with Gasteiger partial charge in [0.15, 0.2) is 0 Å². The summed E-state index contributed by atoms with van der Waals surface area (Å²) in [6, 6.07) is 12.1. The average molecular weight is 378 g/mol. The number of benzene rings is 1. The first-order valence-corrected chi connectivity index (χ1v) is 9.72. The number of ether oxygens (including phenoxy) is 1. The molecule has 1 aromatic carbocycles. The van der Waals surface area contributed by atoms with E-state index < -0.39 is 0 Å². The zero-order chi connectivity index (χ0) is 18.6. The molecular formula is C20H18N4O2S. The summed E-state index contributed by atoms with van der Waals surface area (Å²) in [6.45, 7) is 0. The summed E-state index contributed by atoms with van der Waals surface area (Å²) in [5, 5.41) is 13.3. The molecule has 3 aromatic rings. The number of hydrogen-bond donors (Lipinski definition) is 1. The lowest BCUT2D eigenvalue weighted by Crippen LogP contribution is -2.39. The van der Waals surface area contributed by atoms with E-state index in [1.807, 2.05) is 36.4 Å². The lowest BCUT2D eigenvalue weighted by Gasteiger charge is -2.29. The molecule has 0 radical (unpaired) electrons. The lowest BCUT2D eigenvalue weighted by atomic mass is 9.93. The Kier molecular flexibility index (Phi) is 4.99.